The second-order valence-corrected chi connectivity index (χ2v) is 7.93. The van der Waals surface area contributed by atoms with E-state index in [1.165, 1.54) is 4.85 Å². The SMILES string of the molecule is CN1C(=O)CC(C(=O)N2CCOC(COn3nnc4cccnc43)C2)C1c1cccnc1. The van der Waals surface area contributed by atoms with E-state index in [0.717, 1.165) is 5.56 Å². The van der Waals surface area contributed by atoms with E-state index in [1.807, 2.05) is 12.1 Å². The summed E-state index contributed by atoms with van der Waals surface area (Å²) in [5, 5.41) is 7.96. The number of carbonyl (C=O) groups is 2. The molecule has 0 aromatic carbocycles. The van der Waals surface area contributed by atoms with Gasteiger partial charge in [-0.05, 0) is 29.0 Å². The number of carbonyl (C=O) groups excluding carboxylic acids is 2. The van der Waals surface area contributed by atoms with Crippen molar-refractivity contribution in [2.24, 2.45) is 5.92 Å². The zero-order chi connectivity index (χ0) is 22.1. The fourth-order valence-electron chi connectivity index (χ4n) is 4.34. The monoisotopic (exact) mass is 437 g/mol. The van der Waals surface area contributed by atoms with E-state index in [2.05, 4.69) is 20.3 Å². The lowest BCUT2D eigenvalue weighted by atomic mass is 9.93. The summed E-state index contributed by atoms with van der Waals surface area (Å²) in [5.74, 6) is -0.562. The minimum Gasteiger partial charge on any atom is -0.391 e. The summed E-state index contributed by atoms with van der Waals surface area (Å²) in [6, 6.07) is 6.97. The zero-order valence-electron chi connectivity index (χ0n) is 17.6. The molecule has 11 heteroatoms. The zero-order valence-corrected chi connectivity index (χ0v) is 17.6. The van der Waals surface area contributed by atoms with Crippen LogP contribution in [0.4, 0.5) is 0 Å². The van der Waals surface area contributed by atoms with Gasteiger partial charge in [0.2, 0.25) is 17.5 Å². The number of pyridine rings is 2. The average molecular weight is 437 g/mol. The van der Waals surface area contributed by atoms with Gasteiger partial charge in [0.25, 0.3) is 0 Å². The van der Waals surface area contributed by atoms with Gasteiger partial charge in [-0.15, -0.1) is 5.10 Å². The van der Waals surface area contributed by atoms with Crippen molar-refractivity contribution < 1.29 is 19.2 Å². The molecule has 3 aromatic rings. The Balaban J connectivity index is 1.26. The van der Waals surface area contributed by atoms with Crippen LogP contribution in [0, 0.1) is 5.92 Å². The van der Waals surface area contributed by atoms with Gasteiger partial charge in [-0.3, -0.25) is 14.6 Å². The first-order valence-corrected chi connectivity index (χ1v) is 10.5. The van der Waals surface area contributed by atoms with Gasteiger partial charge in [0.1, 0.15) is 18.2 Å². The van der Waals surface area contributed by atoms with E-state index >= 15 is 0 Å². The summed E-state index contributed by atoms with van der Waals surface area (Å²) in [4.78, 5) is 44.6. The number of hydrogen-bond acceptors (Lipinski definition) is 8. The highest BCUT2D eigenvalue weighted by atomic mass is 16.7. The van der Waals surface area contributed by atoms with Crippen molar-refractivity contribution in [2.45, 2.75) is 18.6 Å². The number of ether oxygens (including phenoxy) is 1. The standard InChI is InChI=1S/C21H23N7O4/c1-26-18(29)10-16(19(26)14-4-2-6-22-11-14)21(30)27-8-9-31-15(12-27)13-32-28-20-17(24-25-28)5-3-7-23-20/h2-7,11,15-16,19H,8-10,12-13H2,1H3. The van der Waals surface area contributed by atoms with Gasteiger partial charge in [0.05, 0.1) is 25.1 Å². The molecule has 0 saturated carbocycles. The molecule has 0 bridgehead atoms. The smallest absolute Gasteiger partial charge is 0.228 e. The Morgan fingerprint density at radius 1 is 1.28 bits per heavy atom. The summed E-state index contributed by atoms with van der Waals surface area (Å²) < 4.78 is 5.80. The van der Waals surface area contributed by atoms with Crippen molar-refractivity contribution in [3.8, 4) is 0 Å². The molecule has 3 atom stereocenters. The maximum absolute atomic E-state index is 13.4. The summed E-state index contributed by atoms with van der Waals surface area (Å²) in [6.07, 6.45) is 4.89. The molecule has 2 aliphatic rings. The predicted molar refractivity (Wildman–Crippen MR) is 111 cm³/mol. The Morgan fingerprint density at radius 3 is 3.00 bits per heavy atom. The van der Waals surface area contributed by atoms with Crippen LogP contribution in [-0.2, 0) is 14.3 Å². The first-order chi connectivity index (χ1) is 15.6. The lowest BCUT2D eigenvalue weighted by Crippen LogP contribution is -2.50. The molecule has 5 rings (SSSR count). The Kier molecular flexibility index (Phi) is 5.39. The Bertz CT molecular complexity index is 1120. The van der Waals surface area contributed by atoms with Crippen molar-refractivity contribution in [3.63, 3.8) is 0 Å². The molecule has 5 heterocycles. The van der Waals surface area contributed by atoms with Crippen LogP contribution in [0.2, 0.25) is 0 Å². The summed E-state index contributed by atoms with van der Waals surface area (Å²) in [7, 11) is 1.74. The van der Waals surface area contributed by atoms with Gasteiger partial charge in [0.15, 0.2) is 0 Å². The third-order valence-electron chi connectivity index (χ3n) is 5.94. The first kappa shape index (κ1) is 20.3. The van der Waals surface area contributed by atoms with Gasteiger partial charge in [-0.1, -0.05) is 10.9 Å². The third kappa shape index (κ3) is 3.75. The van der Waals surface area contributed by atoms with E-state index in [1.54, 1.807) is 47.6 Å². The molecule has 166 valence electrons. The van der Waals surface area contributed by atoms with Crippen LogP contribution in [0.5, 0.6) is 0 Å². The van der Waals surface area contributed by atoms with Crippen LogP contribution in [0.1, 0.15) is 18.0 Å². The van der Waals surface area contributed by atoms with Crippen molar-refractivity contribution in [3.05, 3.63) is 48.4 Å². The highest BCUT2D eigenvalue weighted by molar-refractivity contribution is 5.90. The Morgan fingerprint density at radius 2 is 2.16 bits per heavy atom. The molecule has 2 amide bonds. The van der Waals surface area contributed by atoms with E-state index in [0.29, 0.717) is 30.9 Å². The van der Waals surface area contributed by atoms with Gasteiger partial charge in [-0.2, -0.15) is 0 Å². The summed E-state index contributed by atoms with van der Waals surface area (Å²) >= 11 is 0. The van der Waals surface area contributed by atoms with Crippen molar-refractivity contribution in [1.29, 1.82) is 0 Å². The molecular formula is C21H23N7O4. The number of fused-ring (bicyclic) bond motifs is 1. The number of rotatable bonds is 5. The molecule has 0 N–H and O–H groups in total. The average Bonchev–Trinajstić information content (AvgIpc) is 3.38. The molecule has 3 unspecified atom stereocenters. The fourth-order valence-corrected chi connectivity index (χ4v) is 4.34. The normalized spacial score (nSPS) is 23.7. The van der Waals surface area contributed by atoms with E-state index < -0.39 is 5.92 Å². The maximum Gasteiger partial charge on any atom is 0.228 e. The molecule has 0 radical (unpaired) electrons. The first-order valence-electron chi connectivity index (χ1n) is 10.5. The lowest BCUT2D eigenvalue weighted by Gasteiger charge is -2.35. The molecule has 3 aromatic heterocycles. The second kappa shape index (κ2) is 8.50. The number of morpholine rings is 1. The van der Waals surface area contributed by atoms with Crippen LogP contribution >= 0.6 is 0 Å². The van der Waals surface area contributed by atoms with Gasteiger partial charge >= 0.3 is 0 Å². The number of amides is 2. The second-order valence-electron chi connectivity index (χ2n) is 7.93. The molecule has 2 aliphatic heterocycles. The predicted octanol–water partition coefficient (Wildman–Crippen LogP) is 0.0969. The van der Waals surface area contributed by atoms with Gasteiger partial charge in [0, 0.05) is 38.6 Å². The molecule has 0 aliphatic carbocycles. The number of nitrogens with zero attached hydrogens (tertiary/aromatic N) is 7. The molecule has 0 spiro atoms. The van der Waals surface area contributed by atoms with Crippen LogP contribution < -0.4 is 4.84 Å². The molecule has 32 heavy (non-hydrogen) atoms. The number of aromatic nitrogens is 5. The topological polar surface area (TPSA) is 116 Å². The largest absolute Gasteiger partial charge is 0.391 e. The molecular weight excluding hydrogens is 414 g/mol. The molecule has 2 saturated heterocycles. The van der Waals surface area contributed by atoms with Crippen LogP contribution in [-0.4, -0.2) is 86.2 Å². The quantitative estimate of drug-likeness (QED) is 0.552. The number of hydrogen-bond donors (Lipinski definition) is 0. The van der Waals surface area contributed by atoms with Crippen molar-refractivity contribution in [2.75, 3.05) is 33.4 Å². The summed E-state index contributed by atoms with van der Waals surface area (Å²) in [5.41, 5.74) is 2.01. The van der Waals surface area contributed by atoms with Crippen molar-refractivity contribution in [1.82, 2.24) is 34.9 Å². The van der Waals surface area contributed by atoms with Crippen molar-refractivity contribution >= 4 is 23.0 Å². The van der Waals surface area contributed by atoms with E-state index in [-0.39, 0.29) is 37.0 Å². The van der Waals surface area contributed by atoms with Crippen LogP contribution in [0.25, 0.3) is 11.2 Å². The van der Waals surface area contributed by atoms with Crippen LogP contribution in [0.15, 0.2) is 42.9 Å². The summed E-state index contributed by atoms with van der Waals surface area (Å²) in [6.45, 7) is 1.42. The lowest BCUT2D eigenvalue weighted by molar-refractivity contribution is -0.146. The van der Waals surface area contributed by atoms with Gasteiger partial charge < -0.3 is 19.4 Å². The highest BCUT2D eigenvalue weighted by Gasteiger charge is 2.45. The minimum absolute atomic E-state index is 0.0455. The highest BCUT2D eigenvalue weighted by Crippen LogP contribution is 2.38. The Labute approximate surface area is 183 Å². The third-order valence-corrected chi connectivity index (χ3v) is 5.94. The fraction of sp³-hybridized carbons (Fsp3) is 0.429. The van der Waals surface area contributed by atoms with E-state index in [9.17, 15) is 9.59 Å². The number of likely N-dealkylation sites (tertiary alicyclic amines) is 1. The minimum atomic E-state index is -0.458. The van der Waals surface area contributed by atoms with Crippen LogP contribution in [0.3, 0.4) is 0 Å². The van der Waals surface area contributed by atoms with E-state index in [4.69, 9.17) is 9.57 Å². The maximum atomic E-state index is 13.4. The molecule has 2 fully saturated rings. The Hall–Kier alpha value is -3.60. The molecule has 11 nitrogen and oxygen atoms in total. The van der Waals surface area contributed by atoms with Gasteiger partial charge in [-0.25, -0.2) is 4.98 Å².